The Morgan fingerprint density at radius 2 is 0.917 bits per heavy atom. The lowest BCUT2D eigenvalue weighted by atomic mass is 10.0. The number of ether oxygens (including phenoxy) is 1. The van der Waals surface area contributed by atoms with Gasteiger partial charge in [-0.2, -0.15) is 0 Å². The standard InChI is InChI=1S/C54H91NO5/c1-4-7-10-13-16-19-22-24-26-27-29-32-35-38-41-44-47-54(59)60-50(45-42-39-36-33-31-28-25-23-20-17-14-11-8-5-2)48-53(58)55-51(49-56)52(57)46-43-40-37-34-30-21-18-15-12-9-6-3/h7-8,10-11,16-17,19-20,24-26,28-29,32-33,36,50-52,56-57H,4-6,9,12-15,18,21-23,27,30-31,34-35,37-49H2,1-3H3,(H,55,58)/b10-7+,11-8+,19-16+,20-17+,26-24+,28-25+,32-29+,36-33+. The number of aliphatic hydroxyl groups excluding tert-OH is 2. The Balaban J connectivity index is 4.76. The molecular weight excluding hydrogens is 743 g/mol. The zero-order valence-corrected chi connectivity index (χ0v) is 38.8. The second-order valence-electron chi connectivity index (χ2n) is 16.1. The summed E-state index contributed by atoms with van der Waals surface area (Å²) in [5.74, 6) is -0.575. The molecule has 0 bridgehead atoms. The van der Waals surface area contributed by atoms with Gasteiger partial charge >= 0.3 is 5.97 Å². The van der Waals surface area contributed by atoms with Crippen molar-refractivity contribution in [3.05, 3.63) is 97.2 Å². The summed E-state index contributed by atoms with van der Waals surface area (Å²) < 4.78 is 5.88. The first-order chi connectivity index (χ1) is 29.5. The van der Waals surface area contributed by atoms with Gasteiger partial charge in [-0.15, -0.1) is 0 Å². The van der Waals surface area contributed by atoms with E-state index in [9.17, 15) is 19.8 Å². The van der Waals surface area contributed by atoms with E-state index in [0.29, 0.717) is 19.3 Å². The molecule has 0 rings (SSSR count). The first-order valence-corrected chi connectivity index (χ1v) is 24.5. The van der Waals surface area contributed by atoms with Gasteiger partial charge in [0.25, 0.3) is 0 Å². The lowest BCUT2D eigenvalue weighted by Crippen LogP contribution is -2.46. The minimum absolute atomic E-state index is 0.0213. The topological polar surface area (TPSA) is 95.9 Å². The summed E-state index contributed by atoms with van der Waals surface area (Å²) in [6, 6.07) is -0.730. The average Bonchev–Trinajstić information content (AvgIpc) is 3.24. The van der Waals surface area contributed by atoms with Gasteiger partial charge in [-0.1, -0.05) is 195 Å². The van der Waals surface area contributed by atoms with Gasteiger partial charge in [-0.05, 0) is 96.3 Å². The van der Waals surface area contributed by atoms with Crippen LogP contribution in [0.1, 0.15) is 207 Å². The first kappa shape index (κ1) is 56.8. The number of rotatable bonds is 42. The van der Waals surface area contributed by atoms with Crippen LogP contribution < -0.4 is 5.32 Å². The molecule has 3 N–H and O–H groups in total. The molecule has 3 unspecified atom stereocenters. The van der Waals surface area contributed by atoms with Crippen LogP contribution in [0.15, 0.2) is 97.2 Å². The Bertz CT molecular complexity index is 1210. The van der Waals surface area contributed by atoms with Crippen LogP contribution in [0.25, 0.3) is 0 Å². The lowest BCUT2D eigenvalue weighted by Gasteiger charge is -2.24. The number of hydrogen-bond donors (Lipinski definition) is 3. The molecule has 0 saturated carbocycles. The maximum absolute atomic E-state index is 13.2. The molecule has 1 amide bonds. The smallest absolute Gasteiger partial charge is 0.306 e. The molecule has 6 nitrogen and oxygen atoms in total. The van der Waals surface area contributed by atoms with Crippen molar-refractivity contribution in [3.63, 3.8) is 0 Å². The fraction of sp³-hybridized carbons (Fsp3) is 0.667. The second kappa shape index (κ2) is 46.8. The molecule has 0 aromatic carbocycles. The van der Waals surface area contributed by atoms with Crippen molar-refractivity contribution in [3.8, 4) is 0 Å². The SMILES string of the molecule is CC/C=C/C/C=C/C/C=C/C/C=C/CCCCCC(=O)OC(CCC/C=C/C/C=C/C/C=C/C/C=C/CC)CC(=O)NC(CO)C(O)CCCCCCCCCCCCC. The molecule has 0 aliphatic rings. The van der Waals surface area contributed by atoms with E-state index < -0.39 is 18.2 Å². The molecule has 0 aliphatic heterocycles. The van der Waals surface area contributed by atoms with E-state index in [1.807, 2.05) is 0 Å². The van der Waals surface area contributed by atoms with Gasteiger partial charge in [-0.25, -0.2) is 0 Å². The summed E-state index contributed by atoms with van der Waals surface area (Å²) in [5.41, 5.74) is 0. The van der Waals surface area contributed by atoms with Gasteiger partial charge in [0.1, 0.15) is 6.10 Å². The van der Waals surface area contributed by atoms with Crippen molar-refractivity contribution < 1.29 is 24.5 Å². The molecule has 60 heavy (non-hydrogen) atoms. The molecule has 3 atom stereocenters. The van der Waals surface area contributed by atoms with E-state index >= 15 is 0 Å². The third-order valence-corrected chi connectivity index (χ3v) is 10.4. The highest BCUT2D eigenvalue weighted by molar-refractivity contribution is 5.77. The number of carbonyl (C=O) groups excluding carboxylic acids is 2. The lowest BCUT2D eigenvalue weighted by molar-refractivity contribution is -0.151. The highest BCUT2D eigenvalue weighted by Gasteiger charge is 2.24. The first-order valence-electron chi connectivity index (χ1n) is 24.5. The number of nitrogens with one attached hydrogen (secondary N) is 1. The Labute approximate surface area is 369 Å². The van der Waals surface area contributed by atoms with Crippen molar-refractivity contribution in [1.82, 2.24) is 5.32 Å². The summed E-state index contributed by atoms with van der Waals surface area (Å²) in [6.07, 6.45) is 61.8. The van der Waals surface area contributed by atoms with Crippen LogP contribution in [0.4, 0.5) is 0 Å². The van der Waals surface area contributed by atoms with Crippen LogP contribution in [0.3, 0.4) is 0 Å². The fourth-order valence-corrected chi connectivity index (χ4v) is 6.77. The highest BCUT2D eigenvalue weighted by atomic mass is 16.5. The summed E-state index contributed by atoms with van der Waals surface area (Å²) in [4.78, 5) is 26.1. The predicted molar refractivity (Wildman–Crippen MR) is 259 cm³/mol. The van der Waals surface area contributed by atoms with Crippen LogP contribution in [0.5, 0.6) is 0 Å². The van der Waals surface area contributed by atoms with Crippen LogP contribution in [0, 0.1) is 0 Å². The van der Waals surface area contributed by atoms with Gasteiger partial charge in [0.15, 0.2) is 0 Å². The Kier molecular flexibility index (Phi) is 44.3. The minimum Gasteiger partial charge on any atom is -0.462 e. The van der Waals surface area contributed by atoms with Gasteiger partial charge in [0.2, 0.25) is 5.91 Å². The van der Waals surface area contributed by atoms with Crippen LogP contribution in [-0.4, -0.2) is 46.9 Å². The maximum atomic E-state index is 13.2. The normalized spacial score (nSPS) is 14.2. The number of esters is 1. The van der Waals surface area contributed by atoms with E-state index in [1.165, 1.54) is 51.4 Å². The average molecular weight is 834 g/mol. The zero-order chi connectivity index (χ0) is 43.8. The summed E-state index contributed by atoms with van der Waals surface area (Å²) in [6.45, 7) is 6.21. The van der Waals surface area contributed by atoms with Crippen molar-refractivity contribution >= 4 is 11.9 Å². The largest absolute Gasteiger partial charge is 0.462 e. The third kappa shape index (κ3) is 41.5. The van der Waals surface area contributed by atoms with Crippen molar-refractivity contribution in [2.45, 2.75) is 225 Å². The fourth-order valence-electron chi connectivity index (χ4n) is 6.77. The van der Waals surface area contributed by atoms with Gasteiger partial charge < -0.3 is 20.3 Å². The van der Waals surface area contributed by atoms with Crippen LogP contribution >= 0.6 is 0 Å². The van der Waals surface area contributed by atoms with Gasteiger partial charge in [0.05, 0.1) is 25.2 Å². The maximum Gasteiger partial charge on any atom is 0.306 e. The second-order valence-corrected chi connectivity index (χ2v) is 16.1. The molecule has 0 aliphatic carbocycles. The molecule has 0 heterocycles. The molecular formula is C54H91NO5. The van der Waals surface area contributed by atoms with Gasteiger partial charge in [0, 0.05) is 6.42 Å². The van der Waals surface area contributed by atoms with Crippen molar-refractivity contribution in [2.24, 2.45) is 0 Å². The molecule has 0 saturated heterocycles. The predicted octanol–water partition coefficient (Wildman–Crippen LogP) is 14.6. The molecule has 6 heteroatoms. The Morgan fingerprint density at radius 3 is 1.38 bits per heavy atom. The number of aliphatic hydroxyl groups is 2. The van der Waals surface area contributed by atoms with Crippen LogP contribution in [-0.2, 0) is 14.3 Å². The van der Waals surface area contributed by atoms with Crippen molar-refractivity contribution in [2.75, 3.05) is 6.61 Å². The molecule has 0 spiro atoms. The number of hydrogen-bond acceptors (Lipinski definition) is 5. The van der Waals surface area contributed by atoms with E-state index in [4.69, 9.17) is 4.74 Å². The van der Waals surface area contributed by atoms with Crippen LogP contribution in [0.2, 0.25) is 0 Å². The summed E-state index contributed by atoms with van der Waals surface area (Å²) >= 11 is 0. The van der Waals surface area contributed by atoms with E-state index in [-0.39, 0.29) is 24.9 Å². The monoisotopic (exact) mass is 834 g/mol. The number of unbranched alkanes of at least 4 members (excludes halogenated alkanes) is 14. The van der Waals surface area contributed by atoms with E-state index in [1.54, 1.807) is 0 Å². The molecule has 0 aromatic heterocycles. The minimum atomic E-state index is -0.812. The van der Waals surface area contributed by atoms with Gasteiger partial charge in [-0.3, -0.25) is 9.59 Å². The summed E-state index contributed by atoms with van der Waals surface area (Å²) in [7, 11) is 0. The molecule has 0 aromatic rings. The number of carbonyl (C=O) groups is 2. The summed E-state index contributed by atoms with van der Waals surface area (Å²) in [5, 5.41) is 23.7. The van der Waals surface area contributed by atoms with E-state index in [0.717, 1.165) is 109 Å². The van der Waals surface area contributed by atoms with Crippen molar-refractivity contribution in [1.29, 1.82) is 0 Å². The Morgan fingerprint density at radius 1 is 0.500 bits per heavy atom. The Hall–Kier alpha value is -3.22. The zero-order valence-electron chi connectivity index (χ0n) is 38.8. The number of allylic oxidation sites excluding steroid dienone is 16. The molecule has 0 fully saturated rings. The number of amides is 1. The highest BCUT2D eigenvalue weighted by Crippen LogP contribution is 2.16. The molecule has 0 radical (unpaired) electrons. The third-order valence-electron chi connectivity index (χ3n) is 10.4. The van der Waals surface area contributed by atoms with E-state index in [2.05, 4.69) is 123 Å². The quantitative estimate of drug-likeness (QED) is 0.0323. The molecule has 342 valence electrons.